The number of nitrogens with zero attached hydrogens (tertiary/aromatic N) is 4. The molecule has 2 heterocycles. The first kappa shape index (κ1) is 21.7. The van der Waals surface area contributed by atoms with E-state index in [2.05, 4.69) is 16.0 Å². The highest BCUT2D eigenvalue weighted by atomic mass is 32.2. The smallest absolute Gasteiger partial charge is 0.279 e. The summed E-state index contributed by atoms with van der Waals surface area (Å²) in [6.45, 7) is 3.81. The molecule has 3 aromatic rings. The van der Waals surface area contributed by atoms with Crippen LogP contribution in [0.15, 0.2) is 64.8 Å². The van der Waals surface area contributed by atoms with Gasteiger partial charge in [0.15, 0.2) is 5.03 Å². The maximum absolute atomic E-state index is 13.7. The minimum Gasteiger partial charge on any atom is -0.279 e. The van der Waals surface area contributed by atoms with E-state index in [4.69, 9.17) is 5.26 Å². The van der Waals surface area contributed by atoms with Crippen molar-refractivity contribution < 1.29 is 4.39 Å². The molecule has 7 heteroatoms. The van der Waals surface area contributed by atoms with E-state index >= 15 is 0 Å². The van der Waals surface area contributed by atoms with Crippen LogP contribution in [0.1, 0.15) is 31.5 Å². The summed E-state index contributed by atoms with van der Waals surface area (Å²) in [5.74, 6) is 0.319. The molecule has 0 saturated heterocycles. The summed E-state index contributed by atoms with van der Waals surface area (Å²) >= 11 is 1.31. The molecule has 0 saturated carbocycles. The van der Waals surface area contributed by atoms with Gasteiger partial charge < -0.3 is 0 Å². The zero-order chi connectivity index (χ0) is 21.6. The molecular weight excluding hydrogens is 399 g/mol. The zero-order valence-corrected chi connectivity index (χ0v) is 17.8. The SMILES string of the molecule is CC(C)(C#N)CCc1ccc(-n2ccnc(SCCc3ccccc3F)c2=O)cn1. The summed E-state index contributed by atoms with van der Waals surface area (Å²) in [4.78, 5) is 21.4. The number of thioether (sulfide) groups is 1. The van der Waals surface area contributed by atoms with Gasteiger partial charge in [-0.1, -0.05) is 18.2 Å². The van der Waals surface area contributed by atoms with Crippen molar-refractivity contribution in [1.29, 1.82) is 5.26 Å². The number of nitriles is 1. The van der Waals surface area contributed by atoms with E-state index in [0.717, 1.165) is 5.69 Å². The van der Waals surface area contributed by atoms with Crippen LogP contribution in [0.5, 0.6) is 0 Å². The molecule has 1 aromatic carbocycles. The number of hydrogen-bond acceptors (Lipinski definition) is 5. The van der Waals surface area contributed by atoms with Crippen molar-refractivity contribution in [1.82, 2.24) is 14.5 Å². The number of aryl methyl sites for hydroxylation is 2. The number of halogens is 1. The number of rotatable bonds is 8. The fourth-order valence-electron chi connectivity index (χ4n) is 2.86. The molecule has 0 aliphatic carbocycles. The third kappa shape index (κ3) is 5.55. The third-order valence-electron chi connectivity index (χ3n) is 4.77. The number of hydrogen-bond donors (Lipinski definition) is 0. The van der Waals surface area contributed by atoms with Gasteiger partial charge in [-0.15, -0.1) is 11.8 Å². The first-order valence-electron chi connectivity index (χ1n) is 9.70. The van der Waals surface area contributed by atoms with Crippen molar-refractivity contribution in [2.75, 3.05) is 5.75 Å². The van der Waals surface area contributed by atoms with Crippen molar-refractivity contribution in [3.8, 4) is 11.8 Å². The normalized spacial score (nSPS) is 11.3. The van der Waals surface area contributed by atoms with Gasteiger partial charge in [0, 0.05) is 23.8 Å². The average molecular weight is 423 g/mol. The molecule has 0 unspecified atom stereocenters. The number of aromatic nitrogens is 3. The molecule has 0 aliphatic rings. The topological polar surface area (TPSA) is 71.6 Å². The highest BCUT2D eigenvalue weighted by Crippen LogP contribution is 2.21. The quantitative estimate of drug-likeness (QED) is 0.497. The highest BCUT2D eigenvalue weighted by molar-refractivity contribution is 7.99. The summed E-state index contributed by atoms with van der Waals surface area (Å²) in [6.07, 6.45) is 6.78. The van der Waals surface area contributed by atoms with Crippen LogP contribution >= 0.6 is 11.8 Å². The van der Waals surface area contributed by atoms with Crippen LogP contribution in [0, 0.1) is 22.6 Å². The third-order valence-corrected chi connectivity index (χ3v) is 5.74. The van der Waals surface area contributed by atoms with E-state index in [1.807, 2.05) is 26.0 Å². The second-order valence-electron chi connectivity index (χ2n) is 7.60. The lowest BCUT2D eigenvalue weighted by Crippen LogP contribution is -2.21. The Morgan fingerprint density at radius 1 is 1.17 bits per heavy atom. The maximum atomic E-state index is 13.7. The van der Waals surface area contributed by atoms with Gasteiger partial charge in [-0.05, 0) is 56.9 Å². The molecule has 0 aliphatic heterocycles. The van der Waals surface area contributed by atoms with Gasteiger partial charge >= 0.3 is 0 Å². The van der Waals surface area contributed by atoms with Crippen LogP contribution in [0.4, 0.5) is 4.39 Å². The van der Waals surface area contributed by atoms with Crippen molar-refractivity contribution in [3.05, 3.63) is 82.4 Å². The molecule has 3 rings (SSSR count). The lowest BCUT2D eigenvalue weighted by atomic mass is 9.89. The van der Waals surface area contributed by atoms with E-state index in [0.29, 0.717) is 41.3 Å². The summed E-state index contributed by atoms with van der Waals surface area (Å²) in [7, 11) is 0. The van der Waals surface area contributed by atoms with Crippen LogP contribution in [0.25, 0.3) is 5.69 Å². The monoisotopic (exact) mass is 422 g/mol. The molecule has 154 valence electrons. The van der Waals surface area contributed by atoms with Crippen LogP contribution in [-0.2, 0) is 12.8 Å². The molecule has 0 spiro atoms. The Morgan fingerprint density at radius 2 is 1.97 bits per heavy atom. The highest BCUT2D eigenvalue weighted by Gasteiger charge is 2.16. The predicted octanol–water partition coefficient (Wildman–Crippen LogP) is 4.58. The van der Waals surface area contributed by atoms with Crippen LogP contribution in [-0.4, -0.2) is 20.3 Å². The molecule has 0 N–H and O–H groups in total. The minimum atomic E-state index is -0.392. The fraction of sp³-hybridized carbons (Fsp3) is 0.304. The second-order valence-corrected chi connectivity index (χ2v) is 8.68. The summed E-state index contributed by atoms with van der Waals surface area (Å²) < 4.78 is 15.2. The Labute approximate surface area is 179 Å². The second kappa shape index (κ2) is 9.68. The zero-order valence-electron chi connectivity index (χ0n) is 17.0. The fourth-order valence-corrected chi connectivity index (χ4v) is 3.73. The standard InChI is InChI=1S/C23H23FN4OS/c1-23(2,16-25)11-9-18-7-8-19(15-27-18)28-13-12-26-21(22(28)29)30-14-10-17-5-3-4-6-20(17)24/h3-8,12-13,15H,9-11,14H2,1-2H3. The first-order valence-corrected chi connectivity index (χ1v) is 10.7. The lowest BCUT2D eigenvalue weighted by Gasteiger charge is -2.14. The molecule has 0 radical (unpaired) electrons. The predicted molar refractivity (Wildman–Crippen MR) is 116 cm³/mol. The van der Waals surface area contributed by atoms with Crippen molar-refractivity contribution in [2.45, 2.75) is 38.1 Å². The number of pyridine rings is 1. The van der Waals surface area contributed by atoms with Gasteiger partial charge in [0.2, 0.25) is 0 Å². The van der Waals surface area contributed by atoms with Crippen LogP contribution in [0.3, 0.4) is 0 Å². The van der Waals surface area contributed by atoms with Gasteiger partial charge in [-0.3, -0.25) is 14.3 Å². The minimum absolute atomic E-state index is 0.226. The van der Waals surface area contributed by atoms with Gasteiger partial charge in [0.25, 0.3) is 5.56 Å². The Kier molecular flexibility index (Phi) is 7.01. The van der Waals surface area contributed by atoms with Gasteiger partial charge in [0.1, 0.15) is 5.82 Å². The van der Waals surface area contributed by atoms with E-state index in [9.17, 15) is 9.18 Å². The molecule has 0 bridgehead atoms. The Morgan fingerprint density at radius 3 is 2.67 bits per heavy atom. The van der Waals surface area contributed by atoms with Gasteiger partial charge in [-0.25, -0.2) is 9.37 Å². The molecule has 5 nitrogen and oxygen atoms in total. The van der Waals surface area contributed by atoms with E-state index in [1.165, 1.54) is 22.4 Å². The average Bonchev–Trinajstić information content (AvgIpc) is 2.75. The molecule has 2 aromatic heterocycles. The molecule has 30 heavy (non-hydrogen) atoms. The Hall–Kier alpha value is -2.98. The van der Waals surface area contributed by atoms with Crippen LogP contribution in [0.2, 0.25) is 0 Å². The molecular formula is C23H23FN4OS. The lowest BCUT2D eigenvalue weighted by molar-refractivity contribution is 0.450. The summed E-state index contributed by atoms with van der Waals surface area (Å²) in [5.41, 5.74) is 1.54. The van der Waals surface area contributed by atoms with Gasteiger partial charge in [0.05, 0.1) is 23.4 Å². The largest absolute Gasteiger partial charge is 0.287 e. The van der Waals surface area contributed by atoms with E-state index in [-0.39, 0.29) is 11.4 Å². The van der Waals surface area contributed by atoms with Crippen molar-refractivity contribution >= 4 is 11.8 Å². The number of benzene rings is 1. The van der Waals surface area contributed by atoms with Crippen molar-refractivity contribution in [3.63, 3.8) is 0 Å². The van der Waals surface area contributed by atoms with Crippen molar-refractivity contribution in [2.24, 2.45) is 5.41 Å². The van der Waals surface area contributed by atoms with E-state index < -0.39 is 5.41 Å². The molecule has 0 atom stereocenters. The molecule has 0 fully saturated rings. The van der Waals surface area contributed by atoms with Crippen LogP contribution < -0.4 is 5.56 Å². The first-order chi connectivity index (χ1) is 14.4. The summed E-state index contributed by atoms with van der Waals surface area (Å²) in [5, 5.41) is 9.50. The molecule has 0 amide bonds. The summed E-state index contributed by atoms with van der Waals surface area (Å²) in [6, 6.07) is 12.7. The Bertz CT molecular complexity index is 1100. The Balaban J connectivity index is 1.68. The van der Waals surface area contributed by atoms with E-state index in [1.54, 1.807) is 36.8 Å². The van der Waals surface area contributed by atoms with Gasteiger partial charge in [-0.2, -0.15) is 5.26 Å². The maximum Gasteiger partial charge on any atom is 0.287 e.